The van der Waals surface area contributed by atoms with Gasteiger partial charge in [0.25, 0.3) is 0 Å². The van der Waals surface area contributed by atoms with Gasteiger partial charge in [-0.15, -0.1) is 0 Å². The first kappa shape index (κ1) is 28.4. The number of amides is 1. The van der Waals surface area contributed by atoms with Crippen molar-refractivity contribution in [1.29, 1.82) is 0 Å². The molecule has 1 atom stereocenters. The fourth-order valence-corrected chi connectivity index (χ4v) is 5.46. The first-order chi connectivity index (χ1) is 20.1. The molecule has 6 bridgehead atoms. The number of ether oxygens (including phenoxy) is 1. The van der Waals surface area contributed by atoms with E-state index in [1.165, 1.54) is 11.6 Å². The Labute approximate surface area is 243 Å². The van der Waals surface area contributed by atoms with Gasteiger partial charge in [-0.3, -0.25) is 9.69 Å². The van der Waals surface area contributed by atoms with E-state index in [9.17, 15) is 4.79 Å². The number of hydrogen-bond donors (Lipinski definition) is 2. The molecule has 2 aliphatic rings. The van der Waals surface area contributed by atoms with Gasteiger partial charge < -0.3 is 20.3 Å². The second kappa shape index (κ2) is 13.9. The summed E-state index contributed by atoms with van der Waals surface area (Å²) < 4.78 is 5.98. The van der Waals surface area contributed by atoms with E-state index in [0.29, 0.717) is 18.5 Å². The van der Waals surface area contributed by atoms with Crippen molar-refractivity contribution in [1.82, 2.24) is 19.8 Å². The summed E-state index contributed by atoms with van der Waals surface area (Å²) in [4.78, 5) is 25.6. The van der Waals surface area contributed by atoms with Crippen LogP contribution in [-0.2, 0) is 11.3 Å². The molecule has 1 amide bonds. The highest BCUT2D eigenvalue weighted by molar-refractivity contribution is 5.87. The summed E-state index contributed by atoms with van der Waals surface area (Å²) in [5.41, 5.74) is 5.00. The minimum atomic E-state index is 0.0366. The predicted octanol–water partition coefficient (Wildman–Crippen LogP) is 5.88. The zero-order chi connectivity index (χ0) is 28.4. The van der Waals surface area contributed by atoms with E-state index in [1.807, 2.05) is 35.2 Å². The highest BCUT2D eigenvalue weighted by Gasteiger charge is 2.21. The van der Waals surface area contributed by atoms with Crippen LogP contribution in [0.2, 0.25) is 0 Å². The Bertz CT molecular complexity index is 1370. The second-order valence-corrected chi connectivity index (χ2v) is 10.9. The van der Waals surface area contributed by atoms with Gasteiger partial charge in [0.05, 0.1) is 12.3 Å². The number of nitrogens with one attached hydrogen (secondary N) is 2. The number of nitrogens with zero attached hydrogens (tertiary/aromatic N) is 4. The molecule has 214 valence electrons. The molecule has 1 unspecified atom stereocenters. The summed E-state index contributed by atoms with van der Waals surface area (Å²) >= 11 is 0. The Kier molecular flexibility index (Phi) is 9.65. The summed E-state index contributed by atoms with van der Waals surface area (Å²) in [6, 6.07) is 16.4. The van der Waals surface area contributed by atoms with Gasteiger partial charge in [-0.05, 0) is 86.7 Å². The molecule has 1 aromatic heterocycles. The highest BCUT2D eigenvalue weighted by Crippen LogP contribution is 2.27. The lowest BCUT2D eigenvalue weighted by atomic mass is 9.94. The highest BCUT2D eigenvalue weighted by atomic mass is 16.5. The van der Waals surface area contributed by atoms with Crippen molar-refractivity contribution in [3.63, 3.8) is 0 Å². The fourth-order valence-electron chi connectivity index (χ4n) is 5.46. The van der Waals surface area contributed by atoms with E-state index in [-0.39, 0.29) is 5.91 Å². The van der Waals surface area contributed by atoms with Crippen molar-refractivity contribution < 1.29 is 9.53 Å². The number of piperidine rings is 1. The van der Waals surface area contributed by atoms with Gasteiger partial charge in [-0.2, -0.15) is 0 Å². The number of hydrogen-bond acceptors (Lipinski definition) is 7. The molecular weight excluding hydrogens is 512 g/mol. The first-order valence-corrected chi connectivity index (χ1v) is 14.5. The van der Waals surface area contributed by atoms with Crippen LogP contribution >= 0.6 is 0 Å². The number of aromatic nitrogens is 2. The smallest absolute Gasteiger partial charge is 0.245 e. The van der Waals surface area contributed by atoms with Crippen LogP contribution in [0.4, 0.5) is 17.3 Å². The normalized spacial score (nSPS) is 18.7. The largest absolute Gasteiger partial charge is 0.493 e. The lowest BCUT2D eigenvalue weighted by molar-refractivity contribution is -0.127. The Morgan fingerprint density at radius 2 is 2.15 bits per heavy atom. The van der Waals surface area contributed by atoms with E-state index in [1.54, 1.807) is 6.20 Å². The molecule has 3 aromatic rings. The van der Waals surface area contributed by atoms with Gasteiger partial charge >= 0.3 is 0 Å². The molecule has 0 saturated carbocycles. The monoisotopic (exact) mass is 552 g/mol. The van der Waals surface area contributed by atoms with Gasteiger partial charge in [-0.1, -0.05) is 30.9 Å². The van der Waals surface area contributed by atoms with Gasteiger partial charge in [0.15, 0.2) is 0 Å². The summed E-state index contributed by atoms with van der Waals surface area (Å²) in [5, 5.41) is 7.08. The first-order valence-electron chi connectivity index (χ1n) is 14.5. The molecule has 41 heavy (non-hydrogen) atoms. The van der Waals surface area contributed by atoms with Crippen molar-refractivity contribution in [2.45, 2.75) is 32.2 Å². The number of rotatable bonds is 5. The van der Waals surface area contributed by atoms with Gasteiger partial charge in [0.1, 0.15) is 5.75 Å². The molecule has 1 fully saturated rings. The van der Waals surface area contributed by atoms with Crippen molar-refractivity contribution in [2.75, 3.05) is 50.5 Å². The predicted molar refractivity (Wildman–Crippen MR) is 165 cm³/mol. The second-order valence-electron chi connectivity index (χ2n) is 10.9. The third kappa shape index (κ3) is 8.17. The van der Waals surface area contributed by atoms with E-state index in [4.69, 9.17) is 9.72 Å². The number of carbonyl (C=O) groups is 1. The van der Waals surface area contributed by atoms with Gasteiger partial charge in [0.2, 0.25) is 11.9 Å². The van der Waals surface area contributed by atoms with E-state index < -0.39 is 0 Å². The lowest BCUT2D eigenvalue weighted by Crippen LogP contribution is -2.39. The number of benzene rings is 2. The molecule has 2 aromatic carbocycles. The zero-order valence-electron chi connectivity index (χ0n) is 23.9. The molecule has 5 rings (SSSR count). The Balaban J connectivity index is 1.34. The molecule has 0 radical (unpaired) electrons. The standard InChI is InChI=1S/C33H40N6O2/c1-3-32(40)39-17-8-9-25(24-39)12-14-34-28-19-26-20-29(22-28)36-33-35-15-13-31(37-33)27-10-7-11-30(21-27)41-18-6-4-5-16-38(2)23-26/h3-5,7,10-11,13,15,19-22,25,34H,1,6,8-9,12,14,16-18,23-24H2,2H3,(H,35,36,37)/b5-4+. The van der Waals surface area contributed by atoms with Crippen LogP contribution in [0.5, 0.6) is 5.75 Å². The van der Waals surface area contributed by atoms with Crippen molar-refractivity contribution in [2.24, 2.45) is 5.92 Å². The Morgan fingerprint density at radius 1 is 1.22 bits per heavy atom. The lowest BCUT2D eigenvalue weighted by Gasteiger charge is -2.32. The van der Waals surface area contributed by atoms with Gasteiger partial charge in [-0.25, -0.2) is 9.97 Å². The Morgan fingerprint density at radius 3 is 3.05 bits per heavy atom. The molecule has 2 N–H and O–H groups in total. The SMILES string of the molecule is C=CC(=O)N1CCCC(CCNc2cc3cc(c2)Nc2nccc(n2)-c2cccc(c2)OCC/C=C/CN(C)C3)C1. The number of carbonyl (C=O) groups excluding carboxylic acids is 1. The summed E-state index contributed by atoms with van der Waals surface area (Å²) in [5.74, 6) is 1.91. The zero-order valence-corrected chi connectivity index (χ0v) is 23.9. The maximum absolute atomic E-state index is 12.1. The van der Waals surface area contributed by atoms with E-state index in [2.05, 4.69) is 64.5 Å². The van der Waals surface area contributed by atoms with Crippen molar-refractivity contribution in [3.8, 4) is 17.0 Å². The van der Waals surface area contributed by atoms with Crippen molar-refractivity contribution in [3.05, 3.63) is 85.1 Å². The summed E-state index contributed by atoms with van der Waals surface area (Å²) in [7, 11) is 2.13. The quantitative estimate of drug-likeness (QED) is 0.302. The molecule has 0 spiro atoms. The van der Waals surface area contributed by atoms with Crippen LogP contribution in [0, 0.1) is 5.92 Å². The van der Waals surface area contributed by atoms with Gasteiger partial charge in [0, 0.05) is 55.9 Å². The average molecular weight is 553 g/mol. The fraction of sp³-hybridized carbons (Fsp3) is 0.364. The molecule has 0 aliphatic carbocycles. The van der Waals surface area contributed by atoms with Crippen LogP contribution in [0.15, 0.2) is 79.5 Å². The molecule has 8 nitrogen and oxygen atoms in total. The minimum absolute atomic E-state index is 0.0366. The third-order valence-corrected chi connectivity index (χ3v) is 7.51. The minimum Gasteiger partial charge on any atom is -0.493 e. The van der Waals surface area contributed by atoms with Crippen LogP contribution in [0.3, 0.4) is 0 Å². The average Bonchev–Trinajstić information content (AvgIpc) is 2.98. The van der Waals surface area contributed by atoms with Crippen LogP contribution < -0.4 is 15.4 Å². The van der Waals surface area contributed by atoms with E-state index in [0.717, 1.165) is 86.8 Å². The van der Waals surface area contributed by atoms with E-state index >= 15 is 0 Å². The maximum Gasteiger partial charge on any atom is 0.245 e. The molecule has 3 heterocycles. The number of likely N-dealkylation sites (tertiary alicyclic amines) is 1. The number of fused-ring (bicyclic) bond motifs is 7. The van der Waals surface area contributed by atoms with Crippen LogP contribution in [0.25, 0.3) is 11.3 Å². The third-order valence-electron chi connectivity index (χ3n) is 7.51. The molecule has 1 saturated heterocycles. The molecule has 8 heteroatoms. The number of likely N-dealkylation sites (N-methyl/N-ethyl adjacent to an activating group) is 1. The number of anilines is 3. The molecular formula is C33H40N6O2. The summed E-state index contributed by atoms with van der Waals surface area (Å²) in [6.45, 7) is 8.40. The van der Waals surface area contributed by atoms with Crippen LogP contribution in [-0.4, -0.2) is 65.5 Å². The van der Waals surface area contributed by atoms with Crippen LogP contribution in [0.1, 0.15) is 31.2 Å². The van der Waals surface area contributed by atoms with Crippen molar-refractivity contribution >= 4 is 23.2 Å². The molecule has 2 aliphatic heterocycles. The topological polar surface area (TPSA) is 82.6 Å². The summed E-state index contributed by atoms with van der Waals surface area (Å²) in [6.07, 6.45) is 11.6. The Hall–Kier alpha value is -4.17. The maximum atomic E-state index is 12.1.